The first-order valence-electron chi connectivity index (χ1n) is 7.28. The van der Waals surface area contributed by atoms with Crippen LogP contribution in [0.4, 0.5) is 11.4 Å². The number of para-hydroxylation sites is 2. The first-order valence-corrected chi connectivity index (χ1v) is 9.20. The van der Waals surface area contributed by atoms with Crippen molar-refractivity contribution in [3.05, 3.63) is 74.6 Å². The Bertz CT molecular complexity index is 867. The summed E-state index contributed by atoms with van der Waals surface area (Å²) in [5.41, 5.74) is 0.976. The molecular formula is C16H16ClN3O4S. The second-order valence-corrected chi connectivity index (χ2v) is 7.08. The van der Waals surface area contributed by atoms with Gasteiger partial charge in [-0.15, -0.1) is 0 Å². The van der Waals surface area contributed by atoms with E-state index in [0.29, 0.717) is 16.3 Å². The lowest BCUT2D eigenvalue weighted by Crippen LogP contribution is -2.27. The van der Waals surface area contributed by atoms with Crippen molar-refractivity contribution in [3.8, 4) is 0 Å². The van der Waals surface area contributed by atoms with Crippen LogP contribution in [0.25, 0.3) is 6.08 Å². The molecule has 25 heavy (non-hydrogen) atoms. The van der Waals surface area contributed by atoms with Gasteiger partial charge in [0.05, 0.1) is 4.92 Å². The number of rotatable bonds is 8. The molecule has 0 radical (unpaired) electrons. The molecule has 7 nitrogen and oxygen atoms in total. The fourth-order valence-electron chi connectivity index (χ4n) is 1.96. The number of halogens is 1. The van der Waals surface area contributed by atoms with Gasteiger partial charge in [0.2, 0.25) is 10.0 Å². The smallest absolute Gasteiger partial charge is 0.292 e. The molecule has 0 amide bonds. The van der Waals surface area contributed by atoms with Crippen LogP contribution in [0.15, 0.2) is 53.9 Å². The lowest BCUT2D eigenvalue weighted by atomic mass is 10.2. The second kappa shape index (κ2) is 8.61. The molecule has 2 aromatic rings. The Labute approximate surface area is 150 Å². The number of anilines is 1. The van der Waals surface area contributed by atoms with E-state index in [2.05, 4.69) is 10.0 Å². The zero-order valence-electron chi connectivity index (χ0n) is 13.1. The maximum Gasteiger partial charge on any atom is 0.292 e. The van der Waals surface area contributed by atoms with Crippen LogP contribution in [0.5, 0.6) is 0 Å². The molecule has 0 saturated carbocycles. The highest BCUT2D eigenvalue weighted by Crippen LogP contribution is 2.22. The number of hydrogen-bond donors (Lipinski definition) is 2. The van der Waals surface area contributed by atoms with Crippen molar-refractivity contribution in [2.75, 3.05) is 18.4 Å². The van der Waals surface area contributed by atoms with Crippen molar-refractivity contribution in [1.82, 2.24) is 4.72 Å². The molecule has 0 fully saturated rings. The third-order valence-electron chi connectivity index (χ3n) is 3.15. The van der Waals surface area contributed by atoms with Gasteiger partial charge >= 0.3 is 0 Å². The van der Waals surface area contributed by atoms with Gasteiger partial charge < -0.3 is 5.32 Å². The summed E-state index contributed by atoms with van der Waals surface area (Å²) < 4.78 is 26.2. The lowest BCUT2D eigenvalue weighted by molar-refractivity contribution is -0.384. The molecule has 0 spiro atoms. The van der Waals surface area contributed by atoms with Crippen LogP contribution in [-0.4, -0.2) is 26.4 Å². The molecule has 0 unspecified atom stereocenters. The van der Waals surface area contributed by atoms with E-state index in [0.717, 1.165) is 5.41 Å². The predicted molar refractivity (Wildman–Crippen MR) is 99.0 cm³/mol. The summed E-state index contributed by atoms with van der Waals surface area (Å²) in [7, 11) is -3.61. The van der Waals surface area contributed by atoms with Crippen molar-refractivity contribution in [3.63, 3.8) is 0 Å². The van der Waals surface area contributed by atoms with Crippen molar-refractivity contribution in [2.45, 2.75) is 0 Å². The zero-order valence-corrected chi connectivity index (χ0v) is 14.6. The Morgan fingerprint density at radius 1 is 1.08 bits per heavy atom. The number of nitrogens with zero attached hydrogens (tertiary/aromatic N) is 1. The average molecular weight is 382 g/mol. The minimum atomic E-state index is -3.61. The van der Waals surface area contributed by atoms with E-state index in [9.17, 15) is 18.5 Å². The normalized spacial score (nSPS) is 11.6. The number of nitrogens with one attached hydrogen (secondary N) is 2. The Kier molecular flexibility index (Phi) is 6.51. The lowest BCUT2D eigenvalue weighted by Gasteiger charge is -2.07. The Hall–Kier alpha value is -2.42. The molecule has 2 N–H and O–H groups in total. The molecule has 2 rings (SSSR count). The Morgan fingerprint density at radius 2 is 1.76 bits per heavy atom. The molecule has 0 aliphatic rings. The molecule has 0 heterocycles. The van der Waals surface area contributed by atoms with Gasteiger partial charge in [0.25, 0.3) is 5.69 Å². The number of nitro benzene ring substituents is 1. The number of nitro groups is 1. The highest BCUT2D eigenvalue weighted by Gasteiger charge is 2.11. The van der Waals surface area contributed by atoms with Crippen LogP contribution < -0.4 is 10.0 Å². The third kappa shape index (κ3) is 6.18. The molecule has 0 aromatic heterocycles. The van der Waals surface area contributed by atoms with Gasteiger partial charge in [-0.2, -0.15) is 0 Å². The monoisotopic (exact) mass is 381 g/mol. The van der Waals surface area contributed by atoms with Crippen LogP contribution in [0, 0.1) is 10.1 Å². The highest BCUT2D eigenvalue weighted by atomic mass is 35.5. The minimum Gasteiger partial charge on any atom is -0.378 e. The summed E-state index contributed by atoms with van der Waals surface area (Å²) >= 11 is 5.76. The maximum absolute atomic E-state index is 11.9. The predicted octanol–water partition coefficient (Wildman–Crippen LogP) is 3.25. The number of sulfonamides is 1. The van der Waals surface area contributed by atoms with E-state index in [-0.39, 0.29) is 18.8 Å². The second-order valence-electron chi connectivity index (χ2n) is 4.99. The minimum absolute atomic E-state index is 0.0620. The molecule has 0 saturated heterocycles. The first-order chi connectivity index (χ1) is 11.9. The summed E-state index contributed by atoms with van der Waals surface area (Å²) in [6.45, 7) is 0.290. The number of hydrogen-bond acceptors (Lipinski definition) is 5. The number of benzene rings is 2. The van der Waals surface area contributed by atoms with Crippen LogP contribution in [0.2, 0.25) is 5.02 Å². The maximum atomic E-state index is 11.9. The summed E-state index contributed by atoms with van der Waals surface area (Å²) in [6, 6.07) is 12.9. The van der Waals surface area contributed by atoms with Crippen LogP contribution >= 0.6 is 11.6 Å². The van der Waals surface area contributed by atoms with Gasteiger partial charge in [-0.3, -0.25) is 10.1 Å². The van der Waals surface area contributed by atoms with Crippen LogP contribution in [0.1, 0.15) is 5.56 Å². The van der Waals surface area contributed by atoms with Crippen molar-refractivity contribution in [2.24, 2.45) is 0 Å². The van der Waals surface area contributed by atoms with E-state index >= 15 is 0 Å². The van der Waals surface area contributed by atoms with E-state index in [4.69, 9.17) is 11.6 Å². The highest BCUT2D eigenvalue weighted by molar-refractivity contribution is 7.92. The van der Waals surface area contributed by atoms with Crippen LogP contribution in [-0.2, 0) is 10.0 Å². The molecule has 132 valence electrons. The summed E-state index contributed by atoms with van der Waals surface area (Å²) in [5.74, 6) is 0. The Morgan fingerprint density at radius 3 is 2.44 bits per heavy atom. The SMILES string of the molecule is O=[N+]([O-])c1ccccc1NCCNS(=O)(=O)/C=C/c1ccc(Cl)cc1. The van der Waals surface area contributed by atoms with Crippen molar-refractivity contribution < 1.29 is 13.3 Å². The summed E-state index contributed by atoms with van der Waals surface area (Å²) in [6.07, 6.45) is 1.45. The summed E-state index contributed by atoms with van der Waals surface area (Å²) in [5, 5.41) is 15.4. The molecule has 9 heteroatoms. The first kappa shape index (κ1) is 18.9. The molecule has 0 aliphatic carbocycles. The average Bonchev–Trinajstić information content (AvgIpc) is 2.58. The third-order valence-corrected chi connectivity index (χ3v) is 4.51. The zero-order chi connectivity index (χ0) is 18.3. The van der Waals surface area contributed by atoms with E-state index in [1.165, 1.54) is 12.1 Å². The quantitative estimate of drug-likeness (QED) is 0.415. The Balaban J connectivity index is 1.86. The van der Waals surface area contributed by atoms with Gasteiger partial charge in [0.1, 0.15) is 5.69 Å². The molecular weight excluding hydrogens is 366 g/mol. The van der Waals surface area contributed by atoms with Crippen molar-refractivity contribution >= 4 is 39.1 Å². The van der Waals surface area contributed by atoms with Crippen LogP contribution in [0.3, 0.4) is 0 Å². The topological polar surface area (TPSA) is 101 Å². The summed E-state index contributed by atoms with van der Waals surface area (Å²) in [4.78, 5) is 10.4. The molecule has 0 atom stereocenters. The standard InChI is InChI=1S/C16H16ClN3O4S/c17-14-7-5-13(6-8-14)9-12-25(23,24)19-11-10-18-15-3-1-2-4-16(15)20(21)22/h1-9,12,18-19H,10-11H2/b12-9+. The molecule has 0 aliphatic heterocycles. The van der Waals surface area contributed by atoms with Gasteiger partial charge in [-0.25, -0.2) is 13.1 Å². The van der Waals surface area contributed by atoms with Gasteiger partial charge in [0.15, 0.2) is 0 Å². The molecule has 0 bridgehead atoms. The van der Waals surface area contributed by atoms with E-state index in [1.807, 2.05) is 0 Å². The van der Waals surface area contributed by atoms with Gasteiger partial charge in [-0.05, 0) is 29.8 Å². The van der Waals surface area contributed by atoms with Gasteiger partial charge in [-0.1, -0.05) is 35.9 Å². The van der Waals surface area contributed by atoms with E-state index < -0.39 is 14.9 Å². The van der Waals surface area contributed by atoms with Crippen molar-refractivity contribution in [1.29, 1.82) is 0 Å². The van der Waals surface area contributed by atoms with E-state index in [1.54, 1.807) is 42.5 Å². The largest absolute Gasteiger partial charge is 0.378 e. The fraction of sp³-hybridized carbons (Fsp3) is 0.125. The fourth-order valence-corrected chi connectivity index (χ4v) is 2.91. The molecule has 2 aromatic carbocycles. The van der Waals surface area contributed by atoms with Gasteiger partial charge in [0, 0.05) is 29.6 Å².